The molecule has 58 heavy (non-hydrogen) atoms. The van der Waals surface area contributed by atoms with Crippen molar-refractivity contribution >= 4 is 11.0 Å². The summed E-state index contributed by atoms with van der Waals surface area (Å²) in [6.07, 6.45) is 2.54. The molecule has 0 amide bonds. The molecule has 0 bridgehead atoms. The van der Waals surface area contributed by atoms with Gasteiger partial charge in [-0.2, -0.15) is 0 Å². The third-order valence-corrected chi connectivity index (χ3v) is 10.7. The SMILES string of the molecule is [2H]C([2H])([2H])C(c1ccc(-c2ccnc(-c3cc(-c4cccc5c4nc(-c4ccccc4O)n5-c4ccc(-c5ccccc5)c(CC(C)C)c4)cc(C(C)(C)C)c3)c2)cc1)(C([2H])([2H])[2H])C([2H])([2H])[2H]. The summed E-state index contributed by atoms with van der Waals surface area (Å²) in [4.78, 5) is 10.2. The van der Waals surface area contributed by atoms with Crippen LogP contribution >= 0.6 is 0 Å². The van der Waals surface area contributed by atoms with Crippen LogP contribution in [-0.4, -0.2) is 19.6 Å². The lowest BCUT2D eigenvalue weighted by Crippen LogP contribution is -2.11. The second-order valence-corrected chi connectivity index (χ2v) is 16.6. The zero-order valence-electron chi connectivity index (χ0n) is 42.5. The molecule has 0 saturated heterocycles. The number of nitrogens with zero attached hydrogens (tertiary/aromatic N) is 3. The van der Waals surface area contributed by atoms with Gasteiger partial charge in [-0.25, -0.2) is 4.98 Å². The molecule has 4 heteroatoms. The number of hydrogen-bond donors (Lipinski definition) is 1. The average Bonchev–Trinajstić information content (AvgIpc) is 3.65. The third-order valence-electron chi connectivity index (χ3n) is 10.7. The van der Waals surface area contributed by atoms with E-state index in [1.807, 2.05) is 30.3 Å². The number of para-hydroxylation sites is 2. The summed E-state index contributed by atoms with van der Waals surface area (Å²) in [7, 11) is 0. The van der Waals surface area contributed by atoms with Gasteiger partial charge in [0.25, 0.3) is 0 Å². The standard InChI is InChI=1S/C54H53N3O/c1-35(2)29-39-33-44(25-26-45(39)37-15-10-9-11-16-37)57-49-19-14-18-46(51(49)56-52(57)47-17-12-13-20-50(47)58)40-30-41(32-43(31-40)54(6,7)8)48-34-38(27-28-55-48)36-21-23-42(24-22-36)53(3,4)5/h9-28,30-35,58H,29H2,1-8H3/i3D3,4D3,5D3. The normalized spacial score (nSPS) is 15.0. The fourth-order valence-corrected chi connectivity index (χ4v) is 7.71. The lowest BCUT2D eigenvalue weighted by atomic mass is 9.83. The van der Waals surface area contributed by atoms with Gasteiger partial charge in [-0.05, 0) is 122 Å². The number of phenols is 1. The van der Waals surface area contributed by atoms with Crippen LogP contribution in [0.2, 0.25) is 0 Å². The minimum Gasteiger partial charge on any atom is -0.507 e. The Morgan fingerprint density at radius 1 is 0.603 bits per heavy atom. The van der Waals surface area contributed by atoms with Crippen LogP contribution in [0.25, 0.3) is 72.7 Å². The van der Waals surface area contributed by atoms with Gasteiger partial charge in [0.05, 0.1) is 22.3 Å². The number of aromatic hydroxyl groups is 1. The van der Waals surface area contributed by atoms with Gasteiger partial charge in [-0.15, -0.1) is 0 Å². The lowest BCUT2D eigenvalue weighted by Gasteiger charge is -2.22. The first-order valence-corrected chi connectivity index (χ1v) is 19.7. The van der Waals surface area contributed by atoms with E-state index in [0.29, 0.717) is 34.1 Å². The summed E-state index contributed by atoms with van der Waals surface area (Å²) in [6.45, 7) is 0.822. The van der Waals surface area contributed by atoms with Crippen LogP contribution in [0.3, 0.4) is 0 Å². The molecule has 0 spiro atoms. The third kappa shape index (κ3) is 7.72. The van der Waals surface area contributed by atoms with Crippen LogP contribution in [0, 0.1) is 5.92 Å². The van der Waals surface area contributed by atoms with E-state index < -0.39 is 26.0 Å². The predicted octanol–water partition coefficient (Wildman–Crippen LogP) is 14.3. The first-order valence-electron chi connectivity index (χ1n) is 24.2. The molecule has 0 atom stereocenters. The first kappa shape index (κ1) is 29.0. The van der Waals surface area contributed by atoms with E-state index in [0.717, 1.165) is 51.0 Å². The molecule has 0 saturated carbocycles. The molecule has 2 heterocycles. The van der Waals surface area contributed by atoms with Crippen molar-refractivity contribution in [3.05, 3.63) is 168 Å². The second kappa shape index (κ2) is 15.2. The Labute approximate surface area is 356 Å². The molecule has 0 radical (unpaired) electrons. The molecule has 0 aliphatic rings. The van der Waals surface area contributed by atoms with Crippen LogP contribution < -0.4 is 0 Å². The molecule has 8 rings (SSSR count). The number of fused-ring (bicyclic) bond motifs is 1. The van der Waals surface area contributed by atoms with Crippen molar-refractivity contribution in [1.82, 2.24) is 14.5 Å². The first-order chi connectivity index (χ1) is 31.5. The Kier molecular flexibility index (Phi) is 7.63. The van der Waals surface area contributed by atoms with Gasteiger partial charge in [0.15, 0.2) is 0 Å². The van der Waals surface area contributed by atoms with Crippen molar-refractivity contribution in [3.63, 3.8) is 0 Å². The summed E-state index contributed by atoms with van der Waals surface area (Å²) in [5, 5.41) is 11.3. The molecule has 4 nitrogen and oxygen atoms in total. The minimum atomic E-state index is -3.36. The van der Waals surface area contributed by atoms with E-state index in [1.165, 1.54) is 23.3 Å². The maximum absolute atomic E-state index is 11.3. The molecular weight excluding hydrogens is 707 g/mol. The van der Waals surface area contributed by atoms with E-state index in [4.69, 9.17) is 22.3 Å². The van der Waals surface area contributed by atoms with Crippen LogP contribution in [0.15, 0.2) is 152 Å². The van der Waals surface area contributed by atoms with E-state index in [1.54, 1.807) is 36.5 Å². The fourth-order valence-electron chi connectivity index (χ4n) is 7.71. The smallest absolute Gasteiger partial charge is 0.149 e. The topological polar surface area (TPSA) is 50.9 Å². The van der Waals surface area contributed by atoms with Gasteiger partial charge in [0.1, 0.15) is 11.6 Å². The van der Waals surface area contributed by atoms with E-state index in [2.05, 4.69) is 112 Å². The quantitative estimate of drug-likeness (QED) is 0.167. The highest BCUT2D eigenvalue weighted by atomic mass is 16.3. The molecule has 1 N–H and O–H groups in total. The Bertz CT molecular complexity index is 3050. The zero-order valence-corrected chi connectivity index (χ0v) is 33.5. The maximum atomic E-state index is 11.3. The van der Waals surface area contributed by atoms with Gasteiger partial charge in [-0.1, -0.05) is 146 Å². The maximum Gasteiger partial charge on any atom is 0.149 e. The monoisotopic (exact) mass is 768 g/mol. The average molecular weight is 769 g/mol. The van der Waals surface area contributed by atoms with Crippen LogP contribution in [0.5, 0.6) is 5.75 Å². The lowest BCUT2D eigenvalue weighted by molar-refractivity contribution is 0.477. The van der Waals surface area contributed by atoms with Gasteiger partial charge in [-0.3, -0.25) is 9.55 Å². The summed E-state index contributed by atoms with van der Waals surface area (Å²) < 4.78 is 75.6. The number of aromatic nitrogens is 3. The number of hydrogen-bond acceptors (Lipinski definition) is 3. The van der Waals surface area contributed by atoms with Crippen molar-refractivity contribution in [2.75, 3.05) is 0 Å². The van der Waals surface area contributed by atoms with Crippen molar-refractivity contribution < 1.29 is 17.4 Å². The Morgan fingerprint density at radius 2 is 1.33 bits per heavy atom. The Balaban J connectivity index is 1.28. The molecule has 0 unspecified atom stereocenters. The van der Waals surface area contributed by atoms with Gasteiger partial charge in [0.2, 0.25) is 0 Å². The van der Waals surface area contributed by atoms with Gasteiger partial charge in [0, 0.05) is 35.3 Å². The van der Waals surface area contributed by atoms with Crippen LogP contribution in [0.1, 0.15) is 84.2 Å². The summed E-state index contributed by atoms with van der Waals surface area (Å²) in [5.74, 6) is 1.12. The van der Waals surface area contributed by atoms with Gasteiger partial charge < -0.3 is 5.11 Å². The summed E-state index contributed by atoms with van der Waals surface area (Å²) in [5.41, 5.74) is 8.66. The molecule has 0 fully saturated rings. The number of imidazole rings is 1. The highest BCUT2D eigenvalue weighted by Gasteiger charge is 2.23. The highest BCUT2D eigenvalue weighted by molar-refractivity contribution is 5.97. The summed E-state index contributed by atoms with van der Waals surface area (Å²) >= 11 is 0. The Morgan fingerprint density at radius 3 is 2.05 bits per heavy atom. The number of benzene rings is 6. The van der Waals surface area contributed by atoms with Crippen LogP contribution in [0.4, 0.5) is 0 Å². The van der Waals surface area contributed by atoms with Crippen molar-refractivity contribution in [1.29, 1.82) is 0 Å². The number of pyridine rings is 1. The molecule has 6 aromatic carbocycles. The predicted molar refractivity (Wildman–Crippen MR) is 244 cm³/mol. The minimum absolute atomic E-state index is 0.118. The molecule has 8 aromatic rings. The fraction of sp³-hybridized carbons (Fsp3) is 0.222. The molecule has 290 valence electrons. The molecule has 0 aliphatic carbocycles. The number of phenolic OH excluding ortho intramolecular Hbond substituents is 1. The second-order valence-electron chi connectivity index (χ2n) is 16.6. The van der Waals surface area contributed by atoms with Crippen molar-refractivity contribution in [3.8, 4) is 67.5 Å². The van der Waals surface area contributed by atoms with Gasteiger partial charge >= 0.3 is 0 Å². The van der Waals surface area contributed by atoms with E-state index in [-0.39, 0.29) is 16.7 Å². The van der Waals surface area contributed by atoms with Crippen LogP contribution in [-0.2, 0) is 17.3 Å². The van der Waals surface area contributed by atoms with Crippen molar-refractivity contribution in [2.24, 2.45) is 5.92 Å². The molecular formula is C54H53N3O. The van der Waals surface area contributed by atoms with Crippen molar-refractivity contribution in [2.45, 2.75) is 72.4 Å². The van der Waals surface area contributed by atoms with E-state index in [9.17, 15) is 5.11 Å². The molecule has 2 aromatic heterocycles. The van der Waals surface area contributed by atoms with E-state index >= 15 is 0 Å². The molecule has 0 aliphatic heterocycles. The largest absolute Gasteiger partial charge is 0.507 e. The highest BCUT2D eigenvalue weighted by Crippen LogP contribution is 2.41. The summed E-state index contributed by atoms with van der Waals surface area (Å²) in [6, 6.07) is 46.2. The zero-order chi connectivity index (χ0) is 48.3. The number of rotatable bonds is 8. The Hall–Kier alpha value is -6.26.